The van der Waals surface area contributed by atoms with Gasteiger partial charge in [-0.15, -0.1) is 0 Å². The zero-order valence-electron chi connectivity index (χ0n) is 14.2. The predicted molar refractivity (Wildman–Crippen MR) is 90.7 cm³/mol. The van der Waals surface area contributed by atoms with Crippen molar-refractivity contribution >= 4 is 5.97 Å². The van der Waals surface area contributed by atoms with E-state index >= 15 is 0 Å². The summed E-state index contributed by atoms with van der Waals surface area (Å²) in [6, 6.07) is 6.46. The van der Waals surface area contributed by atoms with Crippen LogP contribution in [0.25, 0.3) is 0 Å². The third kappa shape index (κ3) is 5.03. The number of hydrogen-bond donors (Lipinski definition) is 1. The number of carboxylic acid groups (broad SMARTS) is 1. The second-order valence-electron chi connectivity index (χ2n) is 6.13. The van der Waals surface area contributed by atoms with Crippen LogP contribution in [0.3, 0.4) is 0 Å². The van der Waals surface area contributed by atoms with Crippen molar-refractivity contribution in [3.05, 3.63) is 54.1 Å². The largest absolute Gasteiger partial charge is 0.493 e. The predicted octanol–water partition coefficient (Wildman–Crippen LogP) is 2.77. The van der Waals surface area contributed by atoms with Gasteiger partial charge in [0.15, 0.2) is 0 Å². The smallest absolute Gasteiger partial charge is 0.325 e. The molecule has 128 valence electrons. The summed E-state index contributed by atoms with van der Waals surface area (Å²) >= 11 is 0. The lowest BCUT2D eigenvalue weighted by Crippen LogP contribution is -2.30. The monoisotopic (exact) mass is 329 g/mol. The van der Waals surface area contributed by atoms with Crippen molar-refractivity contribution in [3.8, 4) is 5.75 Å². The highest BCUT2D eigenvalue weighted by molar-refractivity contribution is 5.75. The lowest BCUT2D eigenvalue weighted by molar-refractivity contribution is -0.143. The summed E-state index contributed by atoms with van der Waals surface area (Å²) in [6.07, 6.45) is 4.82. The van der Waals surface area contributed by atoms with Gasteiger partial charge in [-0.05, 0) is 30.7 Å². The van der Waals surface area contributed by atoms with Crippen LogP contribution in [0.15, 0.2) is 42.9 Å². The SMILES string of the molecule is CC(C)COc1cccc(C(C(=O)O)N(C)Cc2cnccn2)c1. The van der Waals surface area contributed by atoms with E-state index in [0.717, 1.165) is 5.69 Å². The molecule has 2 rings (SSSR count). The van der Waals surface area contributed by atoms with Gasteiger partial charge in [-0.1, -0.05) is 26.0 Å². The lowest BCUT2D eigenvalue weighted by Gasteiger charge is -2.25. The molecule has 6 nitrogen and oxygen atoms in total. The number of rotatable bonds is 8. The summed E-state index contributed by atoms with van der Waals surface area (Å²) < 4.78 is 5.70. The fourth-order valence-corrected chi connectivity index (χ4v) is 2.38. The third-order valence-corrected chi connectivity index (χ3v) is 3.46. The van der Waals surface area contributed by atoms with Gasteiger partial charge in [-0.25, -0.2) is 0 Å². The molecular weight excluding hydrogens is 306 g/mol. The summed E-state index contributed by atoms with van der Waals surface area (Å²) in [5.41, 5.74) is 1.40. The standard InChI is InChI=1S/C18H23N3O3/c1-13(2)12-24-16-6-4-5-14(9-16)17(18(22)23)21(3)11-15-10-19-7-8-20-15/h4-10,13,17H,11-12H2,1-3H3,(H,22,23). The third-order valence-electron chi connectivity index (χ3n) is 3.46. The molecule has 0 spiro atoms. The van der Waals surface area contributed by atoms with E-state index in [0.29, 0.717) is 30.4 Å². The van der Waals surface area contributed by atoms with E-state index in [4.69, 9.17) is 4.74 Å². The second-order valence-corrected chi connectivity index (χ2v) is 6.13. The Morgan fingerprint density at radius 2 is 2.12 bits per heavy atom. The molecule has 6 heteroatoms. The normalized spacial score (nSPS) is 12.4. The maximum absolute atomic E-state index is 11.8. The number of hydrogen-bond acceptors (Lipinski definition) is 5. The topological polar surface area (TPSA) is 75.6 Å². The Morgan fingerprint density at radius 1 is 1.33 bits per heavy atom. The molecular formula is C18H23N3O3. The van der Waals surface area contributed by atoms with Crippen LogP contribution < -0.4 is 4.74 Å². The molecule has 1 aromatic heterocycles. The molecule has 0 fully saturated rings. The Hall–Kier alpha value is -2.47. The van der Waals surface area contributed by atoms with Gasteiger partial charge in [0.05, 0.1) is 12.3 Å². The van der Waals surface area contributed by atoms with Crippen LogP contribution in [0, 0.1) is 5.92 Å². The van der Waals surface area contributed by atoms with Gasteiger partial charge in [0, 0.05) is 25.1 Å². The second kappa shape index (κ2) is 8.40. The fraction of sp³-hybridized carbons (Fsp3) is 0.389. The Labute approximate surface area is 142 Å². The van der Waals surface area contributed by atoms with Crippen molar-refractivity contribution in [3.63, 3.8) is 0 Å². The van der Waals surface area contributed by atoms with E-state index in [1.165, 1.54) is 0 Å². The minimum absolute atomic E-state index is 0.391. The Morgan fingerprint density at radius 3 is 2.75 bits per heavy atom. The van der Waals surface area contributed by atoms with Gasteiger partial charge in [0.2, 0.25) is 0 Å². The van der Waals surface area contributed by atoms with Gasteiger partial charge >= 0.3 is 5.97 Å². The van der Waals surface area contributed by atoms with Crippen molar-refractivity contribution in [1.29, 1.82) is 0 Å². The number of likely N-dealkylation sites (N-methyl/N-ethyl adjacent to an activating group) is 1. The zero-order chi connectivity index (χ0) is 17.5. The average molecular weight is 329 g/mol. The van der Waals surface area contributed by atoms with Crippen LogP contribution in [-0.2, 0) is 11.3 Å². The minimum atomic E-state index is -0.914. The molecule has 0 aliphatic heterocycles. The van der Waals surface area contributed by atoms with E-state index in [-0.39, 0.29) is 0 Å². The molecule has 0 aliphatic carbocycles. The number of carboxylic acids is 1. The number of carbonyl (C=O) groups is 1. The Kier molecular flexibility index (Phi) is 6.26. The summed E-state index contributed by atoms with van der Waals surface area (Å²) in [6.45, 7) is 5.12. The number of benzene rings is 1. The summed E-state index contributed by atoms with van der Waals surface area (Å²) in [4.78, 5) is 21.7. The van der Waals surface area contributed by atoms with Crippen molar-refractivity contribution < 1.29 is 14.6 Å². The summed E-state index contributed by atoms with van der Waals surface area (Å²) in [5, 5.41) is 9.67. The van der Waals surface area contributed by atoms with Crippen LogP contribution in [0.5, 0.6) is 5.75 Å². The van der Waals surface area contributed by atoms with Crippen LogP contribution in [-0.4, -0.2) is 39.6 Å². The first-order chi connectivity index (χ1) is 11.5. The summed E-state index contributed by atoms with van der Waals surface area (Å²) in [7, 11) is 1.76. The Balaban J connectivity index is 2.17. The molecule has 1 N–H and O–H groups in total. The fourth-order valence-electron chi connectivity index (χ4n) is 2.38. The maximum atomic E-state index is 11.8. The van der Waals surface area contributed by atoms with Gasteiger partial charge in [-0.3, -0.25) is 19.7 Å². The maximum Gasteiger partial charge on any atom is 0.325 e. The van der Waals surface area contributed by atoms with Crippen molar-refractivity contribution in [2.75, 3.05) is 13.7 Å². The molecule has 0 aliphatic rings. The van der Waals surface area contributed by atoms with Crippen LogP contribution in [0.2, 0.25) is 0 Å². The van der Waals surface area contributed by atoms with Gasteiger partial charge in [0.25, 0.3) is 0 Å². The van der Waals surface area contributed by atoms with Gasteiger partial charge in [-0.2, -0.15) is 0 Å². The van der Waals surface area contributed by atoms with E-state index in [1.54, 1.807) is 42.7 Å². The van der Waals surface area contributed by atoms with E-state index < -0.39 is 12.0 Å². The van der Waals surface area contributed by atoms with Crippen LogP contribution in [0.4, 0.5) is 0 Å². The molecule has 24 heavy (non-hydrogen) atoms. The van der Waals surface area contributed by atoms with Crippen LogP contribution in [0.1, 0.15) is 31.1 Å². The Bertz CT molecular complexity index is 662. The van der Waals surface area contributed by atoms with Crippen molar-refractivity contribution in [2.24, 2.45) is 5.92 Å². The molecule has 0 bridgehead atoms. The quantitative estimate of drug-likeness (QED) is 0.802. The van der Waals surface area contributed by atoms with E-state index in [9.17, 15) is 9.90 Å². The molecule has 0 saturated heterocycles. The van der Waals surface area contributed by atoms with Gasteiger partial charge < -0.3 is 9.84 Å². The number of nitrogens with zero attached hydrogens (tertiary/aromatic N) is 3. The minimum Gasteiger partial charge on any atom is -0.493 e. The highest BCUT2D eigenvalue weighted by atomic mass is 16.5. The van der Waals surface area contributed by atoms with Gasteiger partial charge in [0.1, 0.15) is 11.8 Å². The molecule has 0 radical (unpaired) electrons. The molecule has 2 aromatic rings. The zero-order valence-corrected chi connectivity index (χ0v) is 14.2. The van der Waals surface area contributed by atoms with Crippen LogP contribution >= 0.6 is 0 Å². The lowest BCUT2D eigenvalue weighted by atomic mass is 10.1. The summed E-state index contributed by atoms with van der Waals surface area (Å²) in [5.74, 6) is 0.172. The van der Waals surface area contributed by atoms with E-state index in [1.807, 2.05) is 12.1 Å². The van der Waals surface area contributed by atoms with E-state index in [2.05, 4.69) is 23.8 Å². The first-order valence-electron chi connectivity index (χ1n) is 7.88. The van der Waals surface area contributed by atoms with Crippen molar-refractivity contribution in [2.45, 2.75) is 26.4 Å². The molecule has 1 aromatic carbocycles. The first kappa shape index (κ1) is 17.9. The molecule has 1 heterocycles. The molecule has 0 amide bonds. The first-order valence-corrected chi connectivity index (χ1v) is 7.88. The van der Waals surface area contributed by atoms with Crippen molar-refractivity contribution in [1.82, 2.24) is 14.9 Å². The highest BCUT2D eigenvalue weighted by Gasteiger charge is 2.25. The molecule has 1 atom stereocenters. The highest BCUT2D eigenvalue weighted by Crippen LogP contribution is 2.25. The molecule has 0 saturated carbocycles. The number of ether oxygens (including phenoxy) is 1. The molecule has 1 unspecified atom stereocenters. The average Bonchev–Trinajstić information content (AvgIpc) is 2.54. The number of aromatic nitrogens is 2. The number of aliphatic carboxylic acids is 1.